The van der Waals surface area contributed by atoms with Crippen LogP contribution >= 0.6 is 11.3 Å². The molecule has 0 spiro atoms. The van der Waals surface area contributed by atoms with Gasteiger partial charge in [0, 0.05) is 19.3 Å². The molecule has 19 heavy (non-hydrogen) atoms. The highest BCUT2D eigenvalue weighted by atomic mass is 32.2. The Hall–Kier alpha value is -1.37. The quantitative estimate of drug-likeness (QED) is 0.882. The van der Waals surface area contributed by atoms with Crippen molar-refractivity contribution < 1.29 is 8.42 Å². The number of hydrogen-bond acceptors (Lipinski definition) is 4. The van der Waals surface area contributed by atoms with E-state index >= 15 is 0 Å². The lowest BCUT2D eigenvalue weighted by atomic mass is 10.2. The standard InChI is InChI=1S/C13H16N2O2S2/c1-10-3-4-12(7-13(10)14)19(16,17)15(2)8-11-5-6-18-9-11/h3-7,9H,8,14H2,1-2H3. The normalized spacial score (nSPS) is 11.9. The van der Waals surface area contributed by atoms with E-state index in [0.717, 1.165) is 11.1 Å². The molecule has 2 aromatic rings. The Labute approximate surface area is 117 Å². The minimum atomic E-state index is -3.50. The summed E-state index contributed by atoms with van der Waals surface area (Å²) in [6.45, 7) is 2.21. The monoisotopic (exact) mass is 296 g/mol. The summed E-state index contributed by atoms with van der Waals surface area (Å²) in [7, 11) is -1.92. The number of nitrogens with two attached hydrogens (primary N) is 1. The van der Waals surface area contributed by atoms with Crippen LogP contribution in [0, 0.1) is 6.92 Å². The maximum atomic E-state index is 12.4. The Balaban J connectivity index is 2.28. The molecule has 1 heterocycles. The summed E-state index contributed by atoms with van der Waals surface area (Å²) in [5.41, 5.74) is 8.12. The first-order valence-corrected chi connectivity index (χ1v) is 8.13. The molecule has 0 fully saturated rings. The average Bonchev–Trinajstić information content (AvgIpc) is 2.85. The smallest absolute Gasteiger partial charge is 0.243 e. The van der Waals surface area contributed by atoms with E-state index in [0.29, 0.717) is 12.2 Å². The van der Waals surface area contributed by atoms with Crippen LogP contribution in [0.1, 0.15) is 11.1 Å². The van der Waals surface area contributed by atoms with E-state index in [2.05, 4.69) is 0 Å². The van der Waals surface area contributed by atoms with Crippen molar-refractivity contribution in [3.8, 4) is 0 Å². The third-order valence-corrected chi connectivity index (χ3v) is 5.48. The third-order valence-electron chi connectivity index (χ3n) is 2.94. The molecule has 2 rings (SSSR count). The minimum absolute atomic E-state index is 0.230. The summed E-state index contributed by atoms with van der Waals surface area (Å²) < 4.78 is 26.1. The Bertz CT molecular complexity index is 664. The average molecular weight is 296 g/mol. The van der Waals surface area contributed by atoms with Crippen molar-refractivity contribution in [3.05, 3.63) is 46.2 Å². The second-order valence-electron chi connectivity index (χ2n) is 4.41. The van der Waals surface area contributed by atoms with Gasteiger partial charge >= 0.3 is 0 Å². The Kier molecular flexibility index (Phi) is 3.93. The summed E-state index contributed by atoms with van der Waals surface area (Å²) in [6, 6.07) is 6.74. The van der Waals surface area contributed by atoms with Crippen LogP contribution in [-0.4, -0.2) is 19.8 Å². The molecule has 0 atom stereocenters. The maximum absolute atomic E-state index is 12.4. The lowest BCUT2D eigenvalue weighted by molar-refractivity contribution is 0.467. The van der Waals surface area contributed by atoms with Crippen molar-refractivity contribution >= 4 is 27.0 Å². The van der Waals surface area contributed by atoms with E-state index in [4.69, 9.17) is 5.73 Å². The van der Waals surface area contributed by atoms with Crippen molar-refractivity contribution in [2.45, 2.75) is 18.4 Å². The van der Waals surface area contributed by atoms with Gasteiger partial charge in [0.2, 0.25) is 10.0 Å². The second kappa shape index (κ2) is 5.32. The van der Waals surface area contributed by atoms with Crippen molar-refractivity contribution in [1.82, 2.24) is 4.31 Å². The summed E-state index contributed by atoms with van der Waals surface area (Å²) in [6.07, 6.45) is 0. The summed E-state index contributed by atoms with van der Waals surface area (Å²) in [4.78, 5) is 0.230. The van der Waals surface area contributed by atoms with Gasteiger partial charge in [-0.1, -0.05) is 6.07 Å². The Morgan fingerprint density at radius 3 is 2.63 bits per heavy atom. The first-order valence-electron chi connectivity index (χ1n) is 5.75. The highest BCUT2D eigenvalue weighted by Gasteiger charge is 2.21. The molecule has 1 aromatic heterocycles. The molecule has 2 N–H and O–H groups in total. The fourth-order valence-corrected chi connectivity index (χ4v) is 3.54. The zero-order valence-corrected chi connectivity index (χ0v) is 12.5. The summed E-state index contributed by atoms with van der Waals surface area (Å²) in [5.74, 6) is 0. The molecule has 0 amide bonds. The van der Waals surface area contributed by atoms with E-state index in [1.807, 2.05) is 23.8 Å². The Morgan fingerprint density at radius 1 is 1.32 bits per heavy atom. The molecule has 0 saturated heterocycles. The molecule has 0 aliphatic heterocycles. The van der Waals surface area contributed by atoms with Crippen LogP contribution in [0.5, 0.6) is 0 Å². The van der Waals surface area contributed by atoms with E-state index in [-0.39, 0.29) is 4.90 Å². The molecule has 1 aromatic carbocycles. The Morgan fingerprint density at radius 2 is 2.05 bits per heavy atom. The molecule has 0 bridgehead atoms. The fraction of sp³-hybridized carbons (Fsp3) is 0.231. The first kappa shape index (κ1) is 14.0. The number of rotatable bonds is 4. The summed E-state index contributed by atoms with van der Waals surface area (Å²) in [5, 5.41) is 3.87. The number of benzene rings is 1. The number of aryl methyl sites for hydroxylation is 1. The fourth-order valence-electron chi connectivity index (χ4n) is 1.68. The predicted molar refractivity (Wildman–Crippen MR) is 78.6 cm³/mol. The van der Waals surface area contributed by atoms with Crippen LogP contribution in [0.4, 0.5) is 5.69 Å². The molecule has 6 heteroatoms. The SMILES string of the molecule is Cc1ccc(S(=O)(=O)N(C)Cc2ccsc2)cc1N. The zero-order chi connectivity index (χ0) is 14.0. The molecule has 0 radical (unpaired) electrons. The lowest BCUT2D eigenvalue weighted by Gasteiger charge is -2.17. The lowest BCUT2D eigenvalue weighted by Crippen LogP contribution is -2.26. The van der Waals surface area contributed by atoms with Gasteiger partial charge in [-0.3, -0.25) is 0 Å². The van der Waals surface area contributed by atoms with Gasteiger partial charge in [-0.25, -0.2) is 8.42 Å². The van der Waals surface area contributed by atoms with Crippen molar-refractivity contribution in [1.29, 1.82) is 0 Å². The third kappa shape index (κ3) is 2.97. The molecular weight excluding hydrogens is 280 g/mol. The largest absolute Gasteiger partial charge is 0.398 e. The van der Waals surface area contributed by atoms with Crippen molar-refractivity contribution in [3.63, 3.8) is 0 Å². The van der Waals surface area contributed by atoms with Gasteiger partial charge in [0.1, 0.15) is 0 Å². The molecule has 0 unspecified atom stereocenters. The number of hydrogen-bond donors (Lipinski definition) is 1. The second-order valence-corrected chi connectivity index (χ2v) is 7.24. The van der Waals surface area contributed by atoms with Gasteiger partial charge in [-0.15, -0.1) is 0 Å². The number of sulfonamides is 1. The maximum Gasteiger partial charge on any atom is 0.243 e. The number of nitrogens with zero attached hydrogens (tertiary/aromatic N) is 1. The number of thiophene rings is 1. The van der Waals surface area contributed by atoms with Gasteiger partial charge in [-0.05, 0) is 47.0 Å². The van der Waals surface area contributed by atoms with Crippen LogP contribution in [0.25, 0.3) is 0 Å². The van der Waals surface area contributed by atoms with Crippen molar-refractivity contribution in [2.24, 2.45) is 0 Å². The van der Waals surface area contributed by atoms with Gasteiger partial charge in [0.05, 0.1) is 4.90 Å². The van der Waals surface area contributed by atoms with E-state index in [1.165, 1.54) is 10.4 Å². The number of nitrogen functional groups attached to an aromatic ring is 1. The predicted octanol–water partition coefficient (Wildman–Crippen LogP) is 2.46. The molecule has 4 nitrogen and oxygen atoms in total. The highest BCUT2D eigenvalue weighted by molar-refractivity contribution is 7.89. The molecule has 0 aliphatic rings. The van der Waals surface area contributed by atoms with E-state index < -0.39 is 10.0 Å². The van der Waals surface area contributed by atoms with E-state index in [1.54, 1.807) is 30.5 Å². The van der Waals surface area contributed by atoms with Gasteiger partial charge in [0.15, 0.2) is 0 Å². The number of anilines is 1. The highest BCUT2D eigenvalue weighted by Crippen LogP contribution is 2.21. The summed E-state index contributed by atoms with van der Waals surface area (Å²) >= 11 is 1.55. The van der Waals surface area contributed by atoms with Crippen LogP contribution in [0.2, 0.25) is 0 Å². The van der Waals surface area contributed by atoms with Gasteiger partial charge in [0.25, 0.3) is 0 Å². The van der Waals surface area contributed by atoms with Crippen LogP contribution in [-0.2, 0) is 16.6 Å². The molecular formula is C13H16N2O2S2. The molecule has 0 saturated carbocycles. The van der Waals surface area contributed by atoms with Crippen molar-refractivity contribution in [2.75, 3.05) is 12.8 Å². The molecule has 0 aliphatic carbocycles. The minimum Gasteiger partial charge on any atom is -0.398 e. The van der Waals surface area contributed by atoms with Gasteiger partial charge < -0.3 is 5.73 Å². The zero-order valence-electron chi connectivity index (χ0n) is 10.8. The van der Waals surface area contributed by atoms with Gasteiger partial charge in [-0.2, -0.15) is 15.6 Å². The van der Waals surface area contributed by atoms with Crippen LogP contribution in [0.15, 0.2) is 39.9 Å². The molecule has 102 valence electrons. The topological polar surface area (TPSA) is 63.4 Å². The van der Waals surface area contributed by atoms with Crippen LogP contribution < -0.4 is 5.73 Å². The van der Waals surface area contributed by atoms with Crippen LogP contribution in [0.3, 0.4) is 0 Å². The van der Waals surface area contributed by atoms with E-state index in [9.17, 15) is 8.42 Å². The first-order chi connectivity index (χ1) is 8.91.